The van der Waals surface area contributed by atoms with E-state index >= 15 is 0 Å². The molecule has 0 bridgehead atoms. The molecule has 1 aromatic carbocycles. The molecule has 2 aromatic heterocycles. The van der Waals surface area contributed by atoms with Crippen molar-refractivity contribution >= 4 is 57.1 Å². The van der Waals surface area contributed by atoms with E-state index in [-0.39, 0.29) is 27.8 Å². The van der Waals surface area contributed by atoms with Crippen LogP contribution in [0.25, 0.3) is 11.9 Å². The van der Waals surface area contributed by atoms with Crippen LogP contribution in [0.1, 0.15) is 50.4 Å². The Morgan fingerprint density at radius 2 is 1.88 bits per heavy atom. The van der Waals surface area contributed by atoms with Crippen molar-refractivity contribution < 1.29 is 27.5 Å². The van der Waals surface area contributed by atoms with Crippen LogP contribution in [0.3, 0.4) is 0 Å². The molecule has 2 amide bonds. The number of fused-ring (bicyclic) bond motifs is 3. The van der Waals surface area contributed by atoms with Crippen LogP contribution < -0.4 is 10.9 Å². The molecule has 41 heavy (non-hydrogen) atoms. The summed E-state index contributed by atoms with van der Waals surface area (Å²) in [6.07, 6.45) is -0.469. The second-order valence-electron chi connectivity index (χ2n) is 10.9. The molecule has 15 heteroatoms. The Labute approximate surface area is 245 Å². The second-order valence-corrected chi connectivity index (χ2v) is 12.1. The molecule has 218 valence electrons. The number of likely N-dealkylation sites (tertiary alicyclic amines) is 1. The molecule has 1 N–H and O–H groups in total. The third kappa shape index (κ3) is 5.59. The molecule has 0 atom stereocenters. The SMILES string of the molecule is CC(C)(C)OC(=O)N1CCC2(C=Cc3c2c(=O)n2nc(Br)nc2n3CC(=O)Nc2ccc(C(F)(F)F)cc2Cl)CC1. The number of alkyl halides is 3. The first-order valence-electron chi connectivity index (χ1n) is 12.6. The summed E-state index contributed by atoms with van der Waals surface area (Å²) in [5.74, 6) is -0.505. The van der Waals surface area contributed by atoms with Crippen molar-refractivity contribution in [3.05, 3.63) is 61.2 Å². The number of anilines is 1. The Morgan fingerprint density at radius 3 is 2.49 bits per heavy atom. The average molecular weight is 658 g/mol. The lowest BCUT2D eigenvalue weighted by atomic mass is 9.75. The van der Waals surface area contributed by atoms with Crippen LogP contribution in [0.15, 0.2) is 33.8 Å². The minimum absolute atomic E-state index is 0.00236. The van der Waals surface area contributed by atoms with Gasteiger partial charge in [-0.3, -0.25) is 9.59 Å². The normalized spacial score (nSPS) is 16.3. The van der Waals surface area contributed by atoms with Crippen molar-refractivity contribution in [2.24, 2.45) is 0 Å². The van der Waals surface area contributed by atoms with E-state index in [0.29, 0.717) is 37.2 Å². The van der Waals surface area contributed by atoms with Crippen molar-refractivity contribution in [1.82, 2.24) is 24.1 Å². The van der Waals surface area contributed by atoms with E-state index in [0.717, 1.165) is 22.7 Å². The molecule has 0 saturated carbocycles. The predicted octanol–water partition coefficient (Wildman–Crippen LogP) is 5.26. The highest BCUT2D eigenvalue weighted by Gasteiger charge is 2.44. The van der Waals surface area contributed by atoms with Crippen LogP contribution in [0, 0.1) is 0 Å². The molecule has 1 aliphatic heterocycles. The molecule has 5 rings (SSSR count). The summed E-state index contributed by atoms with van der Waals surface area (Å²) in [5, 5.41) is 6.43. The first-order chi connectivity index (χ1) is 19.1. The highest BCUT2D eigenvalue weighted by Crippen LogP contribution is 2.42. The Morgan fingerprint density at radius 1 is 1.20 bits per heavy atom. The molecule has 0 radical (unpaired) electrons. The average Bonchev–Trinajstić information content (AvgIpc) is 3.43. The summed E-state index contributed by atoms with van der Waals surface area (Å²) in [5.41, 5.74) is -1.80. The number of ether oxygens (including phenoxy) is 1. The van der Waals surface area contributed by atoms with Gasteiger partial charge in [0.1, 0.15) is 12.1 Å². The maximum absolute atomic E-state index is 13.7. The number of hydrogen-bond donors (Lipinski definition) is 1. The first kappa shape index (κ1) is 29.1. The van der Waals surface area contributed by atoms with Gasteiger partial charge in [-0.15, -0.1) is 5.10 Å². The quantitative estimate of drug-likeness (QED) is 0.412. The number of piperidine rings is 1. The van der Waals surface area contributed by atoms with Gasteiger partial charge in [0.15, 0.2) is 0 Å². The molecule has 1 aliphatic carbocycles. The van der Waals surface area contributed by atoms with E-state index in [4.69, 9.17) is 16.3 Å². The number of hydrogen-bond acceptors (Lipinski definition) is 6. The van der Waals surface area contributed by atoms with Gasteiger partial charge in [-0.05, 0) is 73.8 Å². The Balaban J connectivity index is 1.45. The number of halogens is 5. The van der Waals surface area contributed by atoms with Crippen LogP contribution >= 0.6 is 27.5 Å². The highest BCUT2D eigenvalue weighted by atomic mass is 79.9. The van der Waals surface area contributed by atoms with Crippen molar-refractivity contribution in [1.29, 1.82) is 0 Å². The van der Waals surface area contributed by atoms with Gasteiger partial charge < -0.3 is 19.5 Å². The number of aromatic nitrogens is 4. The van der Waals surface area contributed by atoms with Crippen molar-refractivity contribution in [3.63, 3.8) is 0 Å². The number of nitrogens with zero attached hydrogens (tertiary/aromatic N) is 5. The summed E-state index contributed by atoms with van der Waals surface area (Å²) < 4.78 is 47.3. The zero-order valence-electron chi connectivity index (χ0n) is 22.2. The largest absolute Gasteiger partial charge is 0.444 e. The van der Waals surface area contributed by atoms with Gasteiger partial charge in [0.25, 0.3) is 5.56 Å². The third-order valence-electron chi connectivity index (χ3n) is 7.00. The molecular formula is C26H25BrClF3N6O4. The fourth-order valence-corrected chi connectivity index (χ4v) is 5.67. The minimum atomic E-state index is -4.58. The molecule has 0 unspecified atom stereocenters. The molecule has 1 spiro atoms. The molecule has 3 heterocycles. The van der Waals surface area contributed by atoms with Crippen molar-refractivity contribution in [2.45, 2.75) is 57.3 Å². The van der Waals surface area contributed by atoms with Gasteiger partial charge in [0.05, 0.1) is 27.5 Å². The lowest BCUT2D eigenvalue weighted by Crippen LogP contribution is -2.47. The predicted molar refractivity (Wildman–Crippen MR) is 148 cm³/mol. The van der Waals surface area contributed by atoms with Gasteiger partial charge in [0, 0.05) is 18.5 Å². The molecule has 3 aromatic rings. The summed E-state index contributed by atoms with van der Waals surface area (Å²) in [7, 11) is 0. The highest BCUT2D eigenvalue weighted by molar-refractivity contribution is 9.10. The van der Waals surface area contributed by atoms with Crippen LogP contribution in [0.4, 0.5) is 23.7 Å². The van der Waals surface area contributed by atoms with Crippen molar-refractivity contribution in [2.75, 3.05) is 18.4 Å². The Hall–Kier alpha value is -3.39. The molecular weight excluding hydrogens is 633 g/mol. The number of amides is 2. The van der Waals surface area contributed by atoms with E-state index in [2.05, 4.69) is 31.3 Å². The van der Waals surface area contributed by atoms with Gasteiger partial charge >= 0.3 is 12.3 Å². The topological polar surface area (TPSA) is 111 Å². The monoisotopic (exact) mass is 656 g/mol. The standard InChI is InChI=1S/C26H25BrClF3N6O4/c1-24(2,3)41-23(40)35-10-8-25(9-11-35)7-6-17-19(25)20(39)37-22(33-21(27)34-37)36(17)13-18(38)32-16-5-4-14(12-15(16)28)26(29,30)31/h4-7,12H,8-11,13H2,1-3H3,(H,32,38). The van der Waals surface area contributed by atoms with Crippen LogP contribution in [-0.2, 0) is 27.7 Å². The first-order valence-corrected chi connectivity index (χ1v) is 13.8. The number of nitrogens with one attached hydrogen (secondary N) is 1. The maximum Gasteiger partial charge on any atom is 0.416 e. The molecule has 10 nitrogen and oxygen atoms in total. The summed E-state index contributed by atoms with van der Waals surface area (Å²) >= 11 is 9.21. The van der Waals surface area contributed by atoms with E-state index in [1.807, 2.05) is 6.08 Å². The van der Waals surface area contributed by atoms with E-state index in [1.165, 1.54) is 4.57 Å². The smallest absolute Gasteiger partial charge is 0.416 e. The van der Waals surface area contributed by atoms with E-state index in [9.17, 15) is 27.6 Å². The van der Waals surface area contributed by atoms with Gasteiger partial charge in [-0.25, -0.2) is 4.79 Å². The zero-order valence-corrected chi connectivity index (χ0v) is 24.5. The fraction of sp³-hybridized carbons (Fsp3) is 0.423. The lowest BCUT2D eigenvalue weighted by Gasteiger charge is -2.39. The summed E-state index contributed by atoms with van der Waals surface area (Å²) in [4.78, 5) is 45.3. The Bertz CT molecular complexity index is 1650. The number of benzene rings is 1. The number of allylic oxidation sites excluding steroid dienone is 1. The summed E-state index contributed by atoms with van der Waals surface area (Å²) in [6, 6.07) is 2.64. The van der Waals surface area contributed by atoms with E-state index in [1.54, 1.807) is 31.7 Å². The summed E-state index contributed by atoms with van der Waals surface area (Å²) in [6.45, 7) is 5.74. The second kappa shape index (κ2) is 10.2. The number of carbonyl (C=O) groups is 2. The number of rotatable bonds is 3. The zero-order chi connectivity index (χ0) is 29.9. The van der Waals surface area contributed by atoms with Gasteiger partial charge in [0.2, 0.25) is 16.4 Å². The van der Waals surface area contributed by atoms with Gasteiger partial charge in [-0.1, -0.05) is 17.7 Å². The maximum atomic E-state index is 13.7. The van der Waals surface area contributed by atoms with E-state index < -0.39 is 40.3 Å². The lowest BCUT2D eigenvalue weighted by molar-refractivity contribution is -0.137. The fourth-order valence-electron chi connectivity index (χ4n) is 5.13. The number of carbonyl (C=O) groups excluding carboxylic acids is 2. The van der Waals surface area contributed by atoms with Crippen LogP contribution in [0.2, 0.25) is 5.02 Å². The minimum Gasteiger partial charge on any atom is -0.444 e. The molecule has 2 aliphatic rings. The Kier molecular flexibility index (Phi) is 7.21. The van der Waals surface area contributed by atoms with Crippen LogP contribution in [-0.4, -0.2) is 54.8 Å². The van der Waals surface area contributed by atoms with Crippen molar-refractivity contribution in [3.8, 4) is 0 Å². The molecule has 1 saturated heterocycles. The van der Waals surface area contributed by atoms with Gasteiger partial charge in [-0.2, -0.15) is 22.7 Å². The molecule has 1 fully saturated rings. The van der Waals surface area contributed by atoms with Crippen LogP contribution in [0.5, 0.6) is 0 Å². The third-order valence-corrected chi connectivity index (χ3v) is 7.65.